The van der Waals surface area contributed by atoms with Gasteiger partial charge in [0, 0.05) is 25.6 Å². The van der Waals surface area contributed by atoms with E-state index in [-0.39, 0.29) is 0 Å². The van der Waals surface area contributed by atoms with Crippen molar-refractivity contribution in [3.63, 3.8) is 0 Å². The van der Waals surface area contributed by atoms with Gasteiger partial charge in [0.2, 0.25) is 0 Å². The quantitative estimate of drug-likeness (QED) is 0.858. The normalized spacial score (nSPS) is 18.2. The minimum Gasteiger partial charge on any atom is -0.497 e. The van der Waals surface area contributed by atoms with E-state index in [0.717, 1.165) is 50.5 Å². The molecule has 24 heavy (non-hydrogen) atoms. The minimum atomic E-state index is 0.413. The second-order valence-corrected chi connectivity index (χ2v) is 6.81. The van der Waals surface area contributed by atoms with Gasteiger partial charge in [-0.2, -0.15) is 0 Å². The average molecular weight is 323 g/mol. The van der Waals surface area contributed by atoms with Crippen LogP contribution in [0, 0.1) is 0 Å². The SMILES string of the molecule is COc1ccc2c(c1)CCN([C@H](C)c1ccc3c(c1)OCC3)CC2. The lowest BCUT2D eigenvalue weighted by molar-refractivity contribution is 0.220. The van der Waals surface area contributed by atoms with E-state index in [4.69, 9.17) is 9.47 Å². The molecule has 4 rings (SSSR count). The maximum Gasteiger partial charge on any atom is 0.122 e. The van der Waals surface area contributed by atoms with Crippen molar-refractivity contribution >= 4 is 0 Å². The number of ether oxygens (including phenoxy) is 2. The molecular formula is C21H25NO2. The topological polar surface area (TPSA) is 21.7 Å². The van der Waals surface area contributed by atoms with Crippen molar-refractivity contribution < 1.29 is 9.47 Å². The second kappa shape index (κ2) is 6.48. The predicted molar refractivity (Wildman–Crippen MR) is 96.0 cm³/mol. The van der Waals surface area contributed by atoms with Gasteiger partial charge in [-0.15, -0.1) is 0 Å². The van der Waals surface area contributed by atoms with E-state index < -0.39 is 0 Å². The van der Waals surface area contributed by atoms with Crippen LogP contribution in [-0.4, -0.2) is 31.7 Å². The molecule has 126 valence electrons. The Morgan fingerprint density at radius 1 is 0.958 bits per heavy atom. The summed E-state index contributed by atoms with van der Waals surface area (Å²) in [4.78, 5) is 2.59. The molecule has 0 saturated heterocycles. The lowest BCUT2D eigenvalue weighted by Crippen LogP contribution is -2.29. The summed E-state index contributed by atoms with van der Waals surface area (Å²) in [6.45, 7) is 5.32. The highest BCUT2D eigenvalue weighted by molar-refractivity contribution is 5.41. The fraction of sp³-hybridized carbons (Fsp3) is 0.429. The molecular weight excluding hydrogens is 298 g/mol. The van der Waals surface area contributed by atoms with Gasteiger partial charge in [-0.25, -0.2) is 0 Å². The van der Waals surface area contributed by atoms with E-state index in [1.807, 2.05) is 0 Å². The summed E-state index contributed by atoms with van der Waals surface area (Å²) in [7, 11) is 1.74. The second-order valence-electron chi connectivity index (χ2n) is 6.81. The van der Waals surface area contributed by atoms with Gasteiger partial charge in [-0.3, -0.25) is 4.90 Å². The number of nitrogens with zero attached hydrogens (tertiary/aromatic N) is 1. The Labute approximate surface area is 144 Å². The lowest BCUT2D eigenvalue weighted by Gasteiger charge is -2.28. The third-order valence-corrected chi connectivity index (χ3v) is 5.50. The molecule has 3 nitrogen and oxygen atoms in total. The summed E-state index contributed by atoms with van der Waals surface area (Å²) in [6.07, 6.45) is 3.23. The largest absolute Gasteiger partial charge is 0.497 e. The van der Waals surface area contributed by atoms with Crippen molar-refractivity contribution in [2.24, 2.45) is 0 Å². The van der Waals surface area contributed by atoms with Crippen molar-refractivity contribution in [2.75, 3.05) is 26.8 Å². The first-order valence-corrected chi connectivity index (χ1v) is 8.90. The van der Waals surface area contributed by atoms with Gasteiger partial charge in [-0.05, 0) is 60.2 Å². The monoisotopic (exact) mass is 323 g/mol. The van der Waals surface area contributed by atoms with Crippen LogP contribution >= 0.6 is 0 Å². The number of methoxy groups -OCH3 is 1. The number of benzene rings is 2. The molecule has 0 aromatic heterocycles. The van der Waals surface area contributed by atoms with Crippen LogP contribution in [0.15, 0.2) is 36.4 Å². The molecule has 0 saturated carbocycles. The summed E-state index contributed by atoms with van der Waals surface area (Å²) in [6, 6.07) is 13.7. The van der Waals surface area contributed by atoms with Crippen LogP contribution in [0.5, 0.6) is 11.5 Å². The van der Waals surface area contributed by atoms with Crippen LogP contribution in [0.1, 0.15) is 35.2 Å². The number of rotatable bonds is 3. The van der Waals surface area contributed by atoms with Gasteiger partial charge in [0.05, 0.1) is 13.7 Å². The van der Waals surface area contributed by atoms with Crippen molar-refractivity contribution in [3.8, 4) is 11.5 Å². The molecule has 3 heteroatoms. The van der Waals surface area contributed by atoms with Crippen LogP contribution in [0.2, 0.25) is 0 Å². The smallest absolute Gasteiger partial charge is 0.122 e. The van der Waals surface area contributed by atoms with E-state index in [1.54, 1.807) is 7.11 Å². The summed E-state index contributed by atoms with van der Waals surface area (Å²) in [5.74, 6) is 2.05. The molecule has 0 aliphatic carbocycles. The van der Waals surface area contributed by atoms with Crippen LogP contribution in [0.25, 0.3) is 0 Å². The van der Waals surface area contributed by atoms with Gasteiger partial charge >= 0.3 is 0 Å². The molecule has 1 atom stereocenters. The first kappa shape index (κ1) is 15.5. The fourth-order valence-corrected chi connectivity index (χ4v) is 3.89. The number of fused-ring (bicyclic) bond motifs is 2. The summed E-state index contributed by atoms with van der Waals surface area (Å²) in [5, 5.41) is 0. The van der Waals surface area contributed by atoms with E-state index in [0.29, 0.717) is 6.04 Å². The molecule has 2 aliphatic rings. The fourth-order valence-electron chi connectivity index (χ4n) is 3.89. The Hall–Kier alpha value is -2.00. The maximum atomic E-state index is 5.75. The zero-order chi connectivity index (χ0) is 16.5. The third-order valence-electron chi connectivity index (χ3n) is 5.50. The summed E-state index contributed by atoms with van der Waals surface area (Å²) < 4.78 is 11.1. The highest BCUT2D eigenvalue weighted by atomic mass is 16.5. The van der Waals surface area contributed by atoms with Gasteiger partial charge in [0.15, 0.2) is 0 Å². The van der Waals surface area contributed by atoms with Gasteiger partial charge in [-0.1, -0.05) is 18.2 Å². The molecule has 0 fully saturated rings. The van der Waals surface area contributed by atoms with Crippen molar-refractivity contribution in [2.45, 2.75) is 32.2 Å². The number of hydrogen-bond acceptors (Lipinski definition) is 3. The average Bonchev–Trinajstić information content (AvgIpc) is 2.99. The molecule has 0 unspecified atom stereocenters. The highest BCUT2D eigenvalue weighted by Gasteiger charge is 2.22. The number of hydrogen-bond donors (Lipinski definition) is 0. The van der Waals surface area contributed by atoms with Crippen molar-refractivity contribution in [1.82, 2.24) is 4.90 Å². The minimum absolute atomic E-state index is 0.413. The molecule has 2 aliphatic heterocycles. The highest BCUT2D eigenvalue weighted by Crippen LogP contribution is 2.32. The maximum absolute atomic E-state index is 5.75. The summed E-state index contributed by atoms with van der Waals surface area (Å²) >= 11 is 0. The van der Waals surface area contributed by atoms with Gasteiger partial charge in [0.25, 0.3) is 0 Å². The molecule has 2 heterocycles. The van der Waals surface area contributed by atoms with Gasteiger partial charge in [0.1, 0.15) is 11.5 Å². The molecule has 0 bridgehead atoms. The van der Waals surface area contributed by atoms with E-state index >= 15 is 0 Å². The Bertz CT molecular complexity index is 741. The molecule has 0 radical (unpaired) electrons. The molecule has 0 amide bonds. The van der Waals surface area contributed by atoms with Crippen LogP contribution < -0.4 is 9.47 Å². The van der Waals surface area contributed by atoms with Crippen LogP contribution in [0.4, 0.5) is 0 Å². The Morgan fingerprint density at radius 2 is 1.75 bits per heavy atom. The zero-order valence-corrected chi connectivity index (χ0v) is 14.5. The zero-order valence-electron chi connectivity index (χ0n) is 14.5. The molecule has 0 spiro atoms. The van der Waals surface area contributed by atoms with E-state index in [9.17, 15) is 0 Å². The third kappa shape index (κ3) is 2.89. The Kier molecular flexibility index (Phi) is 4.19. The summed E-state index contributed by atoms with van der Waals surface area (Å²) in [5.41, 5.74) is 5.60. The first-order chi connectivity index (χ1) is 11.7. The first-order valence-electron chi connectivity index (χ1n) is 8.90. The van der Waals surface area contributed by atoms with Crippen molar-refractivity contribution in [3.05, 3.63) is 58.7 Å². The predicted octanol–water partition coefficient (Wildman–Crippen LogP) is 3.79. The lowest BCUT2D eigenvalue weighted by atomic mass is 10.0. The van der Waals surface area contributed by atoms with Gasteiger partial charge < -0.3 is 9.47 Å². The van der Waals surface area contributed by atoms with Crippen molar-refractivity contribution in [1.29, 1.82) is 0 Å². The molecule has 2 aromatic rings. The van der Waals surface area contributed by atoms with Crippen LogP contribution in [0.3, 0.4) is 0 Å². The molecule has 2 aromatic carbocycles. The van der Waals surface area contributed by atoms with Crippen LogP contribution in [-0.2, 0) is 19.3 Å². The Balaban J connectivity index is 1.51. The standard InChI is InChI=1S/C21H25NO2/c1-15(18-4-3-17-9-12-24-21(17)14-18)22-10-7-16-5-6-20(23-2)13-19(16)8-11-22/h3-6,13-15H,7-12H2,1-2H3/t15-/m1/s1. The van der Waals surface area contributed by atoms with E-state index in [1.165, 1.54) is 22.3 Å². The van der Waals surface area contributed by atoms with E-state index in [2.05, 4.69) is 48.2 Å². The molecule has 0 N–H and O–H groups in total. The Morgan fingerprint density at radius 3 is 2.58 bits per heavy atom.